The van der Waals surface area contributed by atoms with E-state index < -0.39 is 0 Å². The molecule has 0 amide bonds. The van der Waals surface area contributed by atoms with Crippen molar-refractivity contribution in [2.75, 3.05) is 0 Å². The number of aromatic amines is 1. The first-order valence-electron chi connectivity index (χ1n) is 12.6. The predicted molar refractivity (Wildman–Crippen MR) is 136 cm³/mol. The topological polar surface area (TPSA) is 85.2 Å². The van der Waals surface area contributed by atoms with E-state index >= 15 is 0 Å². The maximum atomic E-state index is 4.85. The third-order valence-corrected chi connectivity index (χ3v) is 6.72. The fourth-order valence-corrected chi connectivity index (χ4v) is 4.85. The fraction of sp³-hybridized carbons (Fsp3) is 0.393. The predicted octanol–water partition coefficient (Wildman–Crippen LogP) is 5.45. The minimum Gasteiger partial charge on any atom is -0.239 e. The van der Waals surface area contributed by atoms with Crippen molar-refractivity contribution in [3.05, 3.63) is 65.7 Å². The quantitative estimate of drug-likeness (QED) is 0.367. The van der Waals surface area contributed by atoms with Crippen LogP contribution in [0.25, 0.3) is 22.5 Å². The molecule has 178 valence electrons. The Kier molecular flexibility index (Phi) is 7.28. The van der Waals surface area contributed by atoms with Crippen LogP contribution in [-0.4, -0.2) is 35.4 Å². The highest BCUT2D eigenvalue weighted by Gasteiger charge is 2.16. The molecule has 0 radical (unpaired) electrons. The van der Waals surface area contributed by atoms with Gasteiger partial charge in [-0.05, 0) is 45.4 Å². The molecule has 1 N–H and O–H groups in total. The van der Waals surface area contributed by atoms with Crippen molar-refractivity contribution in [3.8, 4) is 34.4 Å². The Morgan fingerprint density at radius 3 is 2.54 bits per heavy atom. The number of aromatic nitrogens is 7. The van der Waals surface area contributed by atoms with E-state index in [0.29, 0.717) is 12.4 Å². The summed E-state index contributed by atoms with van der Waals surface area (Å²) >= 11 is 0. The summed E-state index contributed by atoms with van der Waals surface area (Å²) in [6.45, 7) is 2.71. The zero-order valence-electron chi connectivity index (χ0n) is 20.2. The molecule has 2 aromatic heterocycles. The van der Waals surface area contributed by atoms with E-state index in [0.717, 1.165) is 52.7 Å². The monoisotopic (exact) mass is 465 g/mol. The molecule has 2 aromatic carbocycles. The molecule has 5 rings (SSSR count). The lowest BCUT2D eigenvalue weighted by atomic mass is 9.86. The lowest BCUT2D eigenvalue weighted by Gasteiger charge is -2.20. The molecule has 2 heterocycles. The summed E-state index contributed by atoms with van der Waals surface area (Å²) in [7, 11) is 0. The maximum Gasteiger partial charge on any atom is 0.203 e. The lowest BCUT2D eigenvalue weighted by Crippen LogP contribution is -2.08. The summed E-state index contributed by atoms with van der Waals surface area (Å²) in [5.74, 6) is 9.55. The Balaban J connectivity index is 1.33. The molecular weight excluding hydrogens is 434 g/mol. The smallest absolute Gasteiger partial charge is 0.203 e. The lowest BCUT2D eigenvalue weighted by molar-refractivity contribution is 0.337. The minimum atomic E-state index is 0.651. The number of H-pyrrole nitrogens is 1. The maximum absolute atomic E-state index is 4.85. The van der Waals surface area contributed by atoms with E-state index in [4.69, 9.17) is 10.1 Å². The zero-order valence-corrected chi connectivity index (χ0v) is 20.2. The molecule has 1 saturated carbocycles. The zero-order chi connectivity index (χ0) is 23.9. The molecule has 0 saturated heterocycles. The number of aryl methyl sites for hydroxylation is 1. The van der Waals surface area contributed by atoms with Gasteiger partial charge in [0.05, 0.1) is 6.54 Å². The van der Waals surface area contributed by atoms with Gasteiger partial charge in [-0.2, -0.15) is 5.10 Å². The van der Waals surface area contributed by atoms with Crippen molar-refractivity contribution in [1.29, 1.82) is 0 Å². The summed E-state index contributed by atoms with van der Waals surface area (Å²) in [5, 5.41) is 19.2. The van der Waals surface area contributed by atoms with Crippen LogP contribution in [0.3, 0.4) is 0 Å². The normalized spacial score (nSPS) is 14.0. The Labute approximate surface area is 206 Å². The molecule has 35 heavy (non-hydrogen) atoms. The van der Waals surface area contributed by atoms with Crippen LogP contribution in [0.15, 0.2) is 48.5 Å². The van der Waals surface area contributed by atoms with Gasteiger partial charge in [0.15, 0.2) is 11.6 Å². The molecule has 1 aliphatic rings. The van der Waals surface area contributed by atoms with E-state index in [1.807, 2.05) is 22.9 Å². The molecule has 0 spiro atoms. The van der Waals surface area contributed by atoms with Crippen LogP contribution in [0.5, 0.6) is 0 Å². The van der Waals surface area contributed by atoms with E-state index in [1.165, 1.54) is 38.5 Å². The number of benzene rings is 2. The highest BCUT2D eigenvalue weighted by molar-refractivity contribution is 5.80. The molecule has 0 unspecified atom stereocenters. The van der Waals surface area contributed by atoms with Crippen LogP contribution in [0.4, 0.5) is 0 Å². The molecule has 0 bridgehead atoms. The van der Waals surface area contributed by atoms with Crippen molar-refractivity contribution in [1.82, 2.24) is 35.4 Å². The molecule has 0 aliphatic heterocycles. The average molecular weight is 466 g/mol. The second kappa shape index (κ2) is 11.1. The first kappa shape index (κ1) is 23.0. The summed E-state index contributed by atoms with van der Waals surface area (Å²) in [5.41, 5.74) is 4.33. The first-order valence-corrected chi connectivity index (χ1v) is 12.6. The van der Waals surface area contributed by atoms with Gasteiger partial charge in [-0.1, -0.05) is 93.5 Å². The van der Waals surface area contributed by atoms with Gasteiger partial charge in [0.2, 0.25) is 5.82 Å². The third-order valence-electron chi connectivity index (χ3n) is 6.72. The van der Waals surface area contributed by atoms with Crippen LogP contribution >= 0.6 is 0 Å². The molecular formula is C28H31N7. The van der Waals surface area contributed by atoms with Gasteiger partial charge in [0.25, 0.3) is 0 Å². The van der Waals surface area contributed by atoms with Crippen LogP contribution in [0.1, 0.15) is 69.1 Å². The van der Waals surface area contributed by atoms with Crippen molar-refractivity contribution in [2.24, 2.45) is 5.92 Å². The second-order valence-corrected chi connectivity index (χ2v) is 9.20. The standard InChI is InChI=1S/C28H31N7/c1-2-3-13-27-29-26(19-16-21-9-5-4-6-10-21)32-35(27)20-22-14-17-23(18-15-22)24-11-7-8-12-25(24)28-30-33-34-31-28/h7-8,11-12,14-15,17-18,21H,2,4-6,9-10,16,19-20H2,1H3,(H,30,31,33,34). The van der Waals surface area contributed by atoms with Crippen LogP contribution < -0.4 is 0 Å². The Bertz CT molecular complexity index is 1290. The SMILES string of the molecule is CCC#Cc1nc(CCC2CCCCC2)nn1Cc1ccc(-c2ccccc2-c2nnn[nH]2)cc1. The van der Waals surface area contributed by atoms with Crippen molar-refractivity contribution < 1.29 is 0 Å². The molecule has 1 fully saturated rings. The summed E-state index contributed by atoms with van der Waals surface area (Å²) in [4.78, 5) is 4.79. The molecule has 0 atom stereocenters. The van der Waals surface area contributed by atoms with Gasteiger partial charge in [0, 0.05) is 18.4 Å². The van der Waals surface area contributed by atoms with Crippen LogP contribution in [0, 0.1) is 17.8 Å². The summed E-state index contributed by atoms with van der Waals surface area (Å²) < 4.78 is 1.96. The molecule has 1 aliphatic carbocycles. The minimum absolute atomic E-state index is 0.651. The van der Waals surface area contributed by atoms with E-state index in [-0.39, 0.29) is 0 Å². The average Bonchev–Trinajstić information content (AvgIpc) is 3.58. The van der Waals surface area contributed by atoms with Crippen molar-refractivity contribution in [2.45, 2.75) is 64.8 Å². The highest BCUT2D eigenvalue weighted by atomic mass is 15.5. The van der Waals surface area contributed by atoms with Crippen LogP contribution in [0.2, 0.25) is 0 Å². The number of nitrogens with one attached hydrogen (secondary N) is 1. The number of rotatable bonds is 7. The van der Waals surface area contributed by atoms with Crippen molar-refractivity contribution >= 4 is 0 Å². The first-order chi connectivity index (χ1) is 17.3. The largest absolute Gasteiger partial charge is 0.239 e. The van der Waals surface area contributed by atoms with Gasteiger partial charge < -0.3 is 0 Å². The number of hydrogen-bond acceptors (Lipinski definition) is 5. The Hall–Kier alpha value is -3.79. The van der Waals surface area contributed by atoms with Crippen molar-refractivity contribution in [3.63, 3.8) is 0 Å². The van der Waals surface area contributed by atoms with Gasteiger partial charge in [-0.3, -0.25) is 0 Å². The van der Waals surface area contributed by atoms with E-state index in [1.54, 1.807) is 0 Å². The van der Waals surface area contributed by atoms with Gasteiger partial charge in [-0.25, -0.2) is 14.8 Å². The number of nitrogens with zero attached hydrogens (tertiary/aromatic N) is 6. The van der Waals surface area contributed by atoms with E-state index in [2.05, 4.69) is 69.7 Å². The Morgan fingerprint density at radius 1 is 1.00 bits per heavy atom. The molecule has 7 heteroatoms. The Morgan fingerprint density at radius 2 is 1.80 bits per heavy atom. The van der Waals surface area contributed by atoms with E-state index in [9.17, 15) is 0 Å². The van der Waals surface area contributed by atoms with Gasteiger partial charge in [0.1, 0.15) is 0 Å². The van der Waals surface area contributed by atoms with Gasteiger partial charge in [-0.15, -0.1) is 5.10 Å². The highest BCUT2D eigenvalue weighted by Crippen LogP contribution is 2.30. The summed E-state index contributed by atoms with van der Waals surface area (Å²) in [6, 6.07) is 16.7. The number of tetrazole rings is 1. The second-order valence-electron chi connectivity index (χ2n) is 9.20. The molecule has 4 aromatic rings. The fourth-order valence-electron chi connectivity index (χ4n) is 4.85. The number of hydrogen-bond donors (Lipinski definition) is 1. The third kappa shape index (κ3) is 5.65. The van der Waals surface area contributed by atoms with Crippen LogP contribution in [-0.2, 0) is 13.0 Å². The summed E-state index contributed by atoms with van der Waals surface area (Å²) in [6.07, 6.45) is 9.76. The van der Waals surface area contributed by atoms with Gasteiger partial charge >= 0.3 is 0 Å². The molecule has 7 nitrogen and oxygen atoms in total.